The molecule has 0 radical (unpaired) electrons. The highest BCUT2D eigenvalue weighted by Gasteiger charge is 2.10. The monoisotopic (exact) mass is 334 g/mol. The third kappa shape index (κ3) is 4.14. The van der Waals surface area contributed by atoms with E-state index in [2.05, 4.69) is 17.6 Å². The predicted molar refractivity (Wildman–Crippen MR) is 96.9 cm³/mol. The molecule has 1 heterocycles. The molecule has 0 spiro atoms. The van der Waals surface area contributed by atoms with Crippen molar-refractivity contribution in [2.24, 2.45) is 0 Å². The quantitative estimate of drug-likeness (QED) is 0.729. The van der Waals surface area contributed by atoms with Crippen molar-refractivity contribution in [3.63, 3.8) is 0 Å². The van der Waals surface area contributed by atoms with E-state index in [0.29, 0.717) is 16.9 Å². The van der Waals surface area contributed by atoms with Gasteiger partial charge in [0, 0.05) is 16.9 Å². The summed E-state index contributed by atoms with van der Waals surface area (Å²) in [5.74, 6) is -0.314. The lowest BCUT2D eigenvalue weighted by atomic mass is 10.1. The first kappa shape index (κ1) is 16.5. The number of rotatable bonds is 5. The summed E-state index contributed by atoms with van der Waals surface area (Å²) in [7, 11) is 0. The van der Waals surface area contributed by atoms with E-state index in [1.807, 2.05) is 12.1 Å². The Kier molecular flexibility index (Phi) is 4.95. The summed E-state index contributed by atoms with van der Waals surface area (Å²) in [6.45, 7) is 2.07. The molecule has 0 saturated heterocycles. The summed E-state index contributed by atoms with van der Waals surface area (Å²) >= 11 is 0. The molecule has 5 heteroatoms. The van der Waals surface area contributed by atoms with E-state index < -0.39 is 0 Å². The zero-order chi connectivity index (χ0) is 17.6. The van der Waals surface area contributed by atoms with Gasteiger partial charge in [0.1, 0.15) is 0 Å². The topological polar surface area (TPSA) is 71.3 Å². The van der Waals surface area contributed by atoms with E-state index in [-0.39, 0.29) is 17.6 Å². The molecule has 2 N–H and O–H groups in total. The van der Waals surface area contributed by atoms with Crippen molar-refractivity contribution >= 4 is 23.2 Å². The second-order valence-electron chi connectivity index (χ2n) is 5.52. The van der Waals surface area contributed by atoms with E-state index in [1.165, 1.54) is 11.8 Å². The maximum absolute atomic E-state index is 12.3. The molecular formula is C20H18N2O3. The van der Waals surface area contributed by atoms with Crippen molar-refractivity contribution in [3.8, 4) is 0 Å². The Morgan fingerprint density at radius 3 is 2.16 bits per heavy atom. The van der Waals surface area contributed by atoms with Gasteiger partial charge in [-0.25, -0.2) is 0 Å². The summed E-state index contributed by atoms with van der Waals surface area (Å²) in [6.07, 6.45) is 2.37. The van der Waals surface area contributed by atoms with Gasteiger partial charge in [-0.1, -0.05) is 25.1 Å². The number of hydrogen-bond acceptors (Lipinski definition) is 3. The SMILES string of the molecule is CCc1ccc(C(=O)Nc2cccc(NC(=O)c3ccco3)c2)cc1. The van der Waals surface area contributed by atoms with E-state index in [9.17, 15) is 9.59 Å². The molecule has 0 unspecified atom stereocenters. The number of anilines is 2. The smallest absolute Gasteiger partial charge is 0.291 e. The van der Waals surface area contributed by atoms with Crippen LogP contribution < -0.4 is 10.6 Å². The minimum atomic E-state index is -0.344. The van der Waals surface area contributed by atoms with Crippen LogP contribution in [0.1, 0.15) is 33.4 Å². The highest BCUT2D eigenvalue weighted by Crippen LogP contribution is 2.17. The lowest BCUT2D eigenvalue weighted by molar-refractivity contribution is 0.0995. The molecule has 0 aliphatic carbocycles. The van der Waals surface area contributed by atoms with Crippen LogP contribution in [-0.2, 0) is 6.42 Å². The summed E-state index contributed by atoms with van der Waals surface area (Å²) in [6, 6.07) is 17.7. The Labute approximate surface area is 145 Å². The van der Waals surface area contributed by atoms with Crippen LogP contribution in [0.3, 0.4) is 0 Å². The molecule has 0 aliphatic rings. The largest absolute Gasteiger partial charge is 0.459 e. The van der Waals surface area contributed by atoms with Gasteiger partial charge in [0.2, 0.25) is 0 Å². The van der Waals surface area contributed by atoms with E-state index in [0.717, 1.165) is 6.42 Å². The predicted octanol–water partition coefficient (Wildman–Crippen LogP) is 4.35. The summed E-state index contributed by atoms with van der Waals surface area (Å²) < 4.78 is 5.06. The molecule has 25 heavy (non-hydrogen) atoms. The first-order valence-electron chi connectivity index (χ1n) is 8.01. The van der Waals surface area contributed by atoms with Crippen LogP contribution >= 0.6 is 0 Å². The molecule has 2 aromatic carbocycles. The Morgan fingerprint density at radius 2 is 1.56 bits per heavy atom. The molecular weight excluding hydrogens is 316 g/mol. The van der Waals surface area contributed by atoms with E-state index in [1.54, 1.807) is 48.5 Å². The molecule has 1 aromatic heterocycles. The van der Waals surface area contributed by atoms with Crippen LogP contribution in [0.4, 0.5) is 11.4 Å². The second kappa shape index (κ2) is 7.49. The molecule has 0 atom stereocenters. The van der Waals surface area contributed by atoms with Crippen LogP contribution in [0.15, 0.2) is 71.3 Å². The highest BCUT2D eigenvalue weighted by atomic mass is 16.3. The van der Waals surface area contributed by atoms with Crippen molar-refractivity contribution in [2.45, 2.75) is 13.3 Å². The van der Waals surface area contributed by atoms with Gasteiger partial charge in [0.05, 0.1) is 6.26 Å². The number of nitrogens with one attached hydrogen (secondary N) is 2. The minimum Gasteiger partial charge on any atom is -0.459 e. The zero-order valence-electron chi connectivity index (χ0n) is 13.8. The fraction of sp³-hybridized carbons (Fsp3) is 0.100. The van der Waals surface area contributed by atoms with Crippen LogP contribution in [-0.4, -0.2) is 11.8 Å². The van der Waals surface area contributed by atoms with Crippen LogP contribution in [0.5, 0.6) is 0 Å². The highest BCUT2D eigenvalue weighted by molar-refractivity contribution is 6.05. The second-order valence-corrected chi connectivity index (χ2v) is 5.52. The van der Waals surface area contributed by atoms with Gasteiger partial charge in [-0.15, -0.1) is 0 Å². The Hall–Kier alpha value is -3.34. The van der Waals surface area contributed by atoms with Crippen LogP contribution in [0.25, 0.3) is 0 Å². The molecule has 0 saturated carbocycles. The zero-order valence-corrected chi connectivity index (χ0v) is 13.8. The molecule has 126 valence electrons. The number of carbonyl (C=O) groups is 2. The maximum Gasteiger partial charge on any atom is 0.291 e. The Bertz CT molecular complexity index is 868. The molecule has 0 bridgehead atoms. The maximum atomic E-state index is 12.3. The van der Waals surface area contributed by atoms with Gasteiger partial charge < -0.3 is 15.1 Å². The number of amides is 2. The third-order valence-corrected chi connectivity index (χ3v) is 3.75. The van der Waals surface area contributed by atoms with Crippen molar-refractivity contribution < 1.29 is 14.0 Å². The van der Waals surface area contributed by atoms with Gasteiger partial charge in [0.25, 0.3) is 11.8 Å². The van der Waals surface area contributed by atoms with Crippen LogP contribution in [0.2, 0.25) is 0 Å². The minimum absolute atomic E-state index is 0.197. The summed E-state index contributed by atoms with van der Waals surface area (Å²) in [4.78, 5) is 24.3. The number of hydrogen-bond donors (Lipinski definition) is 2. The average molecular weight is 334 g/mol. The fourth-order valence-electron chi connectivity index (χ4n) is 2.37. The summed E-state index contributed by atoms with van der Waals surface area (Å²) in [5, 5.41) is 5.56. The number of benzene rings is 2. The molecule has 5 nitrogen and oxygen atoms in total. The first-order valence-corrected chi connectivity index (χ1v) is 8.01. The average Bonchev–Trinajstić information content (AvgIpc) is 3.17. The number of aryl methyl sites for hydroxylation is 1. The normalized spacial score (nSPS) is 10.3. The summed E-state index contributed by atoms with van der Waals surface area (Å²) in [5.41, 5.74) is 2.93. The van der Waals surface area contributed by atoms with Gasteiger partial charge in [-0.05, 0) is 54.4 Å². The number of carbonyl (C=O) groups excluding carboxylic acids is 2. The van der Waals surface area contributed by atoms with Crippen molar-refractivity contribution in [3.05, 3.63) is 83.8 Å². The Morgan fingerprint density at radius 1 is 0.880 bits per heavy atom. The number of furan rings is 1. The molecule has 0 aliphatic heterocycles. The van der Waals surface area contributed by atoms with E-state index in [4.69, 9.17) is 4.42 Å². The van der Waals surface area contributed by atoms with Crippen molar-refractivity contribution in [2.75, 3.05) is 10.6 Å². The standard InChI is InChI=1S/C20H18N2O3/c1-2-14-8-10-15(11-9-14)19(23)21-16-5-3-6-17(13-16)22-20(24)18-7-4-12-25-18/h3-13H,2H2,1H3,(H,21,23)(H,22,24). The molecule has 2 amide bonds. The lowest BCUT2D eigenvalue weighted by Crippen LogP contribution is -2.13. The first-order chi connectivity index (χ1) is 12.2. The van der Waals surface area contributed by atoms with Gasteiger partial charge >= 0.3 is 0 Å². The van der Waals surface area contributed by atoms with Crippen molar-refractivity contribution in [1.82, 2.24) is 0 Å². The molecule has 3 rings (SSSR count). The van der Waals surface area contributed by atoms with E-state index >= 15 is 0 Å². The lowest BCUT2D eigenvalue weighted by Gasteiger charge is -2.08. The van der Waals surface area contributed by atoms with Crippen molar-refractivity contribution in [1.29, 1.82) is 0 Å². The van der Waals surface area contributed by atoms with Gasteiger partial charge in [-0.3, -0.25) is 9.59 Å². The fourth-order valence-corrected chi connectivity index (χ4v) is 2.37. The Balaban J connectivity index is 1.68. The molecule has 0 fully saturated rings. The van der Waals surface area contributed by atoms with Crippen LogP contribution in [0, 0.1) is 0 Å². The van der Waals surface area contributed by atoms with Gasteiger partial charge in [0.15, 0.2) is 5.76 Å². The van der Waals surface area contributed by atoms with Gasteiger partial charge in [-0.2, -0.15) is 0 Å². The third-order valence-electron chi connectivity index (χ3n) is 3.75. The molecule has 3 aromatic rings.